The number of ether oxygens (including phenoxy) is 2. The highest BCUT2D eigenvalue weighted by Gasteiger charge is 2.06. The summed E-state index contributed by atoms with van der Waals surface area (Å²) in [4.78, 5) is 0. The molecule has 0 unspecified atom stereocenters. The third kappa shape index (κ3) is 3.16. The van der Waals surface area contributed by atoms with E-state index in [1.54, 1.807) is 13.2 Å². The van der Waals surface area contributed by atoms with Crippen molar-refractivity contribution in [2.24, 2.45) is 0 Å². The number of benzene rings is 2. The molecule has 4 heteroatoms. The molecule has 0 saturated heterocycles. The Bertz CT molecular complexity index is 584. The lowest BCUT2D eigenvalue weighted by molar-refractivity contribution is 0.284. The Hall–Kier alpha value is -2.23. The predicted octanol–water partition coefficient (Wildman–Crippen LogP) is 3.30. The van der Waals surface area contributed by atoms with E-state index in [4.69, 9.17) is 15.2 Å². The molecule has 0 heterocycles. The molecule has 0 spiro atoms. The second-order valence-electron chi connectivity index (χ2n) is 4.30. The van der Waals surface area contributed by atoms with Gasteiger partial charge >= 0.3 is 0 Å². The Balaban J connectivity index is 2.12. The average molecular weight is 261 g/mol. The van der Waals surface area contributed by atoms with Crippen LogP contribution in [0.15, 0.2) is 36.4 Å². The van der Waals surface area contributed by atoms with E-state index in [9.17, 15) is 4.39 Å². The van der Waals surface area contributed by atoms with Gasteiger partial charge in [-0.05, 0) is 42.3 Å². The highest BCUT2D eigenvalue weighted by atomic mass is 19.1. The van der Waals surface area contributed by atoms with Crippen LogP contribution in [0, 0.1) is 12.7 Å². The molecule has 2 rings (SSSR count). The van der Waals surface area contributed by atoms with Crippen molar-refractivity contribution in [3.05, 3.63) is 53.3 Å². The molecule has 2 N–H and O–H groups in total. The first kappa shape index (κ1) is 13.2. The highest BCUT2D eigenvalue weighted by molar-refractivity contribution is 5.43. The maximum atomic E-state index is 13.3. The molecule has 3 nitrogen and oxygen atoms in total. The van der Waals surface area contributed by atoms with E-state index in [0.29, 0.717) is 17.1 Å². The lowest BCUT2D eigenvalue weighted by Gasteiger charge is -2.11. The van der Waals surface area contributed by atoms with E-state index in [0.717, 1.165) is 5.56 Å². The van der Waals surface area contributed by atoms with Gasteiger partial charge < -0.3 is 15.2 Å². The smallest absolute Gasteiger partial charge is 0.161 e. The number of aryl methyl sites for hydroxylation is 1. The number of methoxy groups -OCH3 is 1. The Morgan fingerprint density at radius 1 is 1.11 bits per heavy atom. The molecule has 2 aromatic carbocycles. The predicted molar refractivity (Wildman–Crippen MR) is 72.9 cm³/mol. The van der Waals surface area contributed by atoms with E-state index >= 15 is 0 Å². The SMILES string of the molecule is COc1cc(C)ccc1OCc1ccc(N)c(F)c1. The van der Waals surface area contributed by atoms with Crippen molar-refractivity contribution in [2.45, 2.75) is 13.5 Å². The fourth-order valence-corrected chi connectivity index (χ4v) is 1.72. The van der Waals surface area contributed by atoms with Crippen molar-refractivity contribution in [3.63, 3.8) is 0 Å². The minimum atomic E-state index is -0.433. The van der Waals surface area contributed by atoms with E-state index in [2.05, 4.69) is 0 Å². The van der Waals surface area contributed by atoms with Gasteiger partial charge in [0.15, 0.2) is 11.5 Å². The zero-order valence-electron chi connectivity index (χ0n) is 10.9. The molecule has 0 bridgehead atoms. The molecule has 0 aliphatic rings. The largest absolute Gasteiger partial charge is 0.493 e. The molecular formula is C15H16FNO2. The van der Waals surface area contributed by atoms with Crippen molar-refractivity contribution in [1.82, 2.24) is 0 Å². The van der Waals surface area contributed by atoms with Gasteiger partial charge in [0.05, 0.1) is 12.8 Å². The summed E-state index contributed by atoms with van der Waals surface area (Å²) in [6.45, 7) is 2.23. The number of anilines is 1. The molecule has 0 saturated carbocycles. The van der Waals surface area contributed by atoms with Crippen LogP contribution < -0.4 is 15.2 Å². The van der Waals surface area contributed by atoms with E-state index in [1.165, 1.54) is 12.1 Å². The van der Waals surface area contributed by atoms with Crippen LogP contribution in [-0.2, 0) is 6.61 Å². The second kappa shape index (κ2) is 5.61. The maximum absolute atomic E-state index is 13.3. The van der Waals surface area contributed by atoms with Gasteiger partial charge in [-0.3, -0.25) is 0 Å². The van der Waals surface area contributed by atoms with Gasteiger partial charge in [-0.2, -0.15) is 0 Å². The number of nitrogen functional groups attached to an aromatic ring is 1. The lowest BCUT2D eigenvalue weighted by atomic mass is 10.2. The van der Waals surface area contributed by atoms with Gasteiger partial charge in [-0.25, -0.2) is 4.39 Å². The van der Waals surface area contributed by atoms with Gasteiger partial charge in [0, 0.05) is 0 Å². The quantitative estimate of drug-likeness (QED) is 0.859. The van der Waals surface area contributed by atoms with Crippen molar-refractivity contribution in [1.29, 1.82) is 0 Å². The van der Waals surface area contributed by atoms with E-state index in [-0.39, 0.29) is 12.3 Å². The molecule has 0 radical (unpaired) electrons. The Morgan fingerprint density at radius 2 is 1.89 bits per heavy atom. The fourth-order valence-electron chi connectivity index (χ4n) is 1.72. The Morgan fingerprint density at radius 3 is 2.58 bits per heavy atom. The summed E-state index contributed by atoms with van der Waals surface area (Å²) in [6, 6.07) is 10.3. The normalized spacial score (nSPS) is 10.3. The standard InChI is InChI=1S/C15H16FNO2/c1-10-3-6-14(15(7-10)18-2)19-9-11-4-5-13(17)12(16)8-11/h3-8H,9,17H2,1-2H3. The second-order valence-corrected chi connectivity index (χ2v) is 4.30. The van der Waals surface area contributed by atoms with Gasteiger partial charge in [0.2, 0.25) is 0 Å². The van der Waals surface area contributed by atoms with Gasteiger partial charge in [-0.1, -0.05) is 12.1 Å². The first-order valence-corrected chi connectivity index (χ1v) is 5.91. The van der Waals surface area contributed by atoms with Gasteiger partial charge in [0.25, 0.3) is 0 Å². The molecule has 0 amide bonds. The summed E-state index contributed by atoms with van der Waals surface area (Å²) >= 11 is 0. The summed E-state index contributed by atoms with van der Waals surface area (Å²) in [7, 11) is 1.59. The van der Waals surface area contributed by atoms with Crippen molar-refractivity contribution in [2.75, 3.05) is 12.8 Å². The summed E-state index contributed by atoms with van der Waals surface area (Å²) in [5.41, 5.74) is 7.36. The Labute approximate surface area is 111 Å². The highest BCUT2D eigenvalue weighted by Crippen LogP contribution is 2.28. The molecular weight excluding hydrogens is 245 g/mol. The number of hydrogen-bond acceptors (Lipinski definition) is 3. The zero-order chi connectivity index (χ0) is 13.8. The van der Waals surface area contributed by atoms with Crippen LogP contribution in [0.2, 0.25) is 0 Å². The van der Waals surface area contributed by atoms with Crippen LogP contribution >= 0.6 is 0 Å². The van der Waals surface area contributed by atoms with Gasteiger partial charge in [0.1, 0.15) is 12.4 Å². The summed E-state index contributed by atoms with van der Waals surface area (Å²) in [6.07, 6.45) is 0. The van der Waals surface area contributed by atoms with Gasteiger partial charge in [-0.15, -0.1) is 0 Å². The van der Waals surface area contributed by atoms with Crippen LogP contribution in [0.5, 0.6) is 11.5 Å². The summed E-state index contributed by atoms with van der Waals surface area (Å²) in [5.74, 6) is 0.859. The number of halogens is 1. The van der Waals surface area contributed by atoms with Crippen LogP contribution in [-0.4, -0.2) is 7.11 Å². The van der Waals surface area contributed by atoms with E-state index in [1.807, 2.05) is 25.1 Å². The van der Waals surface area contributed by atoms with Crippen LogP contribution in [0.1, 0.15) is 11.1 Å². The maximum Gasteiger partial charge on any atom is 0.161 e. The third-order valence-corrected chi connectivity index (χ3v) is 2.78. The number of rotatable bonds is 4. The van der Waals surface area contributed by atoms with E-state index < -0.39 is 5.82 Å². The molecule has 0 fully saturated rings. The van der Waals surface area contributed by atoms with Crippen LogP contribution in [0.3, 0.4) is 0 Å². The summed E-state index contributed by atoms with van der Waals surface area (Å²) < 4.78 is 24.2. The number of nitrogens with two attached hydrogens (primary N) is 1. The van der Waals surface area contributed by atoms with Crippen molar-refractivity contribution in [3.8, 4) is 11.5 Å². The average Bonchev–Trinajstić information content (AvgIpc) is 2.41. The fraction of sp³-hybridized carbons (Fsp3) is 0.200. The first-order valence-electron chi connectivity index (χ1n) is 5.91. The molecule has 19 heavy (non-hydrogen) atoms. The number of hydrogen-bond donors (Lipinski definition) is 1. The minimum absolute atomic E-state index is 0.136. The molecule has 2 aromatic rings. The van der Waals surface area contributed by atoms with Crippen molar-refractivity contribution < 1.29 is 13.9 Å². The van der Waals surface area contributed by atoms with Crippen molar-refractivity contribution >= 4 is 5.69 Å². The first-order chi connectivity index (χ1) is 9.10. The molecule has 100 valence electrons. The Kier molecular flexibility index (Phi) is 3.90. The molecule has 0 atom stereocenters. The molecule has 0 aromatic heterocycles. The topological polar surface area (TPSA) is 44.5 Å². The zero-order valence-corrected chi connectivity index (χ0v) is 10.9. The minimum Gasteiger partial charge on any atom is -0.493 e. The van der Waals surface area contributed by atoms with Crippen LogP contribution in [0.4, 0.5) is 10.1 Å². The monoisotopic (exact) mass is 261 g/mol. The molecule has 0 aliphatic carbocycles. The van der Waals surface area contributed by atoms with Crippen LogP contribution in [0.25, 0.3) is 0 Å². The summed E-state index contributed by atoms with van der Waals surface area (Å²) in [5, 5.41) is 0. The lowest BCUT2D eigenvalue weighted by Crippen LogP contribution is -1.99. The molecule has 0 aliphatic heterocycles. The third-order valence-electron chi connectivity index (χ3n) is 2.78.